The fourth-order valence-corrected chi connectivity index (χ4v) is 10.4. The number of aliphatic hydroxyl groups excluding tert-OH is 2. The number of tetrazole rings is 1. The lowest BCUT2D eigenvalue weighted by atomic mass is 9.41. The first-order chi connectivity index (χ1) is 17.6. The summed E-state index contributed by atoms with van der Waals surface area (Å²) in [6.07, 6.45) is 10.2. The van der Waals surface area contributed by atoms with Crippen molar-refractivity contribution in [2.45, 2.75) is 117 Å². The second kappa shape index (κ2) is 10.2. The summed E-state index contributed by atoms with van der Waals surface area (Å²) in [5.41, 5.74) is 0.509. The van der Waals surface area contributed by atoms with Crippen molar-refractivity contribution in [1.82, 2.24) is 20.2 Å². The first-order valence-electron chi connectivity index (χ1n) is 14.9. The molecular weight excluding hydrogens is 468 g/mol. The number of carboxylic acid groups (broad SMARTS) is 1. The Kier molecular flexibility index (Phi) is 7.47. The molecule has 1 aromatic heterocycles. The number of hydrogen-bond donors (Lipinski definition) is 3. The van der Waals surface area contributed by atoms with Crippen molar-refractivity contribution in [3.63, 3.8) is 0 Å². The molecule has 1 aromatic rings. The molecule has 1 heterocycles. The number of carboxylic acids is 1. The van der Waals surface area contributed by atoms with Gasteiger partial charge in [0.25, 0.3) is 0 Å². The minimum Gasteiger partial charge on any atom is -0.481 e. The second-order valence-electron chi connectivity index (χ2n) is 13.6. The molecule has 0 aliphatic heterocycles. The van der Waals surface area contributed by atoms with Gasteiger partial charge >= 0.3 is 5.97 Å². The van der Waals surface area contributed by atoms with Gasteiger partial charge in [-0.15, -0.1) is 5.10 Å². The van der Waals surface area contributed by atoms with Crippen molar-refractivity contribution in [1.29, 1.82) is 0 Å². The van der Waals surface area contributed by atoms with Gasteiger partial charge in [-0.2, -0.15) is 0 Å². The average molecular weight is 517 g/mol. The second-order valence-corrected chi connectivity index (χ2v) is 13.6. The van der Waals surface area contributed by atoms with Gasteiger partial charge in [-0.25, -0.2) is 4.68 Å². The normalized spacial score (nSPS) is 44.1. The van der Waals surface area contributed by atoms with Crippen LogP contribution in [-0.2, 0) is 17.8 Å². The fourth-order valence-electron chi connectivity index (χ4n) is 10.4. The number of nitrogens with zero attached hydrogens (tertiary/aromatic N) is 4. The third-order valence-corrected chi connectivity index (χ3v) is 12.1. The molecule has 4 aliphatic carbocycles. The SMILES string of the molecule is CC[C@@H]1C2C[C@H](O)CCC2(C)C2CCC3(C)C(CC[C@@H]3[C@H](C)CCCn3nnnc3CC(=O)O)C2[C@@H]1O. The minimum atomic E-state index is -0.912. The number of aromatic nitrogens is 4. The van der Waals surface area contributed by atoms with E-state index in [1.54, 1.807) is 4.68 Å². The summed E-state index contributed by atoms with van der Waals surface area (Å²) in [6, 6.07) is 0. The van der Waals surface area contributed by atoms with Gasteiger partial charge in [-0.05, 0) is 120 Å². The predicted molar refractivity (Wildman–Crippen MR) is 139 cm³/mol. The number of rotatable bonds is 8. The molecule has 4 saturated carbocycles. The Balaban J connectivity index is 1.28. The number of aliphatic hydroxyl groups is 2. The Morgan fingerprint density at radius 1 is 1.08 bits per heavy atom. The number of carbonyl (C=O) groups is 1. The summed E-state index contributed by atoms with van der Waals surface area (Å²) in [5, 5.41) is 43.0. The summed E-state index contributed by atoms with van der Waals surface area (Å²) in [6.45, 7) is 10.3. The lowest BCUT2D eigenvalue weighted by molar-refractivity contribution is -0.203. The highest BCUT2D eigenvalue weighted by Gasteiger charge is 2.64. The topological polar surface area (TPSA) is 121 Å². The molecule has 5 rings (SSSR count). The van der Waals surface area contributed by atoms with Crippen molar-refractivity contribution in [3.05, 3.63) is 5.82 Å². The summed E-state index contributed by atoms with van der Waals surface area (Å²) in [5.74, 6) is 3.01. The van der Waals surface area contributed by atoms with Crippen LogP contribution in [0.4, 0.5) is 0 Å². The molecule has 8 heteroatoms. The number of aryl methyl sites for hydroxylation is 1. The molecule has 0 amide bonds. The smallest absolute Gasteiger partial charge is 0.311 e. The Bertz CT molecular complexity index is 969. The lowest BCUT2D eigenvalue weighted by Gasteiger charge is -2.64. The van der Waals surface area contributed by atoms with Crippen molar-refractivity contribution >= 4 is 5.97 Å². The first-order valence-corrected chi connectivity index (χ1v) is 14.9. The zero-order valence-electron chi connectivity index (χ0n) is 23.2. The van der Waals surface area contributed by atoms with Crippen LogP contribution in [0.15, 0.2) is 0 Å². The van der Waals surface area contributed by atoms with Crippen LogP contribution in [0.5, 0.6) is 0 Å². The number of hydrogen-bond acceptors (Lipinski definition) is 6. The van der Waals surface area contributed by atoms with Crippen molar-refractivity contribution in [3.8, 4) is 0 Å². The fraction of sp³-hybridized carbons (Fsp3) is 0.931. The average Bonchev–Trinajstić information content (AvgIpc) is 3.43. The molecule has 3 N–H and O–H groups in total. The molecule has 11 atom stereocenters. The third kappa shape index (κ3) is 4.54. The van der Waals surface area contributed by atoms with Crippen LogP contribution < -0.4 is 0 Å². The monoisotopic (exact) mass is 516 g/mol. The van der Waals surface area contributed by atoms with Crippen molar-refractivity contribution in [2.75, 3.05) is 0 Å². The first kappa shape index (κ1) is 27.0. The van der Waals surface area contributed by atoms with Crippen LogP contribution in [0, 0.1) is 52.3 Å². The van der Waals surface area contributed by atoms with E-state index in [2.05, 4.69) is 43.2 Å². The van der Waals surface area contributed by atoms with Gasteiger partial charge in [0.2, 0.25) is 0 Å². The van der Waals surface area contributed by atoms with Crippen LogP contribution >= 0.6 is 0 Å². The van der Waals surface area contributed by atoms with E-state index >= 15 is 0 Å². The van der Waals surface area contributed by atoms with Gasteiger partial charge in [0.05, 0.1) is 12.2 Å². The molecule has 0 saturated heterocycles. The van der Waals surface area contributed by atoms with Crippen LogP contribution in [-0.4, -0.2) is 53.7 Å². The van der Waals surface area contributed by atoms with E-state index in [9.17, 15) is 15.0 Å². The van der Waals surface area contributed by atoms with Crippen LogP contribution in [0.3, 0.4) is 0 Å². The molecule has 6 unspecified atom stereocenters. The van der Waals surface area contributed by atoms with Gasteiger partial charge in [-0.3, -0.25) is 4.79 Å². The van der Waals surface area contributed by atoms with E-state index in [1.165, 1.54) is 25.7 Å². The van der Waals surface area contributed by atoms with Gasteiger partial charge in [-0.1, -0.05) is 34.1 Å². The molecule has 0 radical (unpaired) electrons. The summed E-state index contributed by atoms with van der Waals surface area (Å²) >= 11 is 0. The van der Waals surface area contributed by atoms with Crippen molar-refractivity contribution in [2.24, 2.45) is 52.3 Å². The number of aliphatic carboxylic acids is 1. The quantitative estimate of drug-likeness (QED) is 0.470. The zero-order valence-corrected chi connectivity index (χ0v) is 23.2. The minimum absolute atomic E-state index is 0.146. The Morgan fingerprint density at radius 3 is 2.54 bits per heavy atom. The zero-order chi connectivity index (χ0) is 26.5. The summed E-state index contributed by atoms with van der Waals surface area (Å²) in [4.78, 5) is 11.1. The molecule has 4 fully saturated rings. The van der Waals surface area contributed by atoms with E-state index in [-0.39, 0.29) is 29.5 Å². The maximum atomic E-state index is 11.9. The van der Waals surface area contributed by atoms with Crippen LogP contribution in [0.25, 0.3) is 0 Å². The molecular formula is C29H48N4O4. The Morgan fingerprint density at radius 2 is 1.81 bits per heavy atom. The molecule has 0 spiro atoms. The Hall–Kier alpha value is -1.54. The van der Waals surface area contributed by atoms with Gasteiger partial charge in [0.1, 0.15) is 6.42 Å². The standard InChI is InChI=1S/C29H48N4O4/c1-5-19-23-15-18(34)10-12-29(23,4)22-11-13-28(3)20(8-9-21(28)26(22)27(19)37)17(2)7-6-14-33-24(16-25(35)36)30-31-32-33/h17-23,26-27,34,37H,5-16H2,1-4H3,(H,35,36)/t17-,18-,19-,20-,21?,22?,23?,26?,27-,28?,29?/m1/s1. The predicted octanol–water partition coefficient (Wildman–Crippen LogP) is 4.34. The third-order valence-electron chi connectivity index (χ3n) is 12.1. The van der Waals surface area contributed by atoms with Crippen molar-refractivity contribution < 1.29 is 20.1 Å². The lowest BCUT2D eigenvalue weighted by Crippen LogP contribution is -2.62. The van der Waals surface area contributed by atoms with E-state index in [1.807, 2.05) is 0 Å². The van der Waals surface area contributed by atoms with E-state index in [0.29, 0.717) is 53.8 Å². The summed E-state index contributed by atoms with van der Waals surface area (Å²) < 4.78 is 1.65. The van der Waals surface area contributed by atoms with Crippen LogP contribution in [0.1, 0.15) is 97.7 Å². The summed E-state index contributed by atoms with van der Waals surface area (Å²) in [7, 11) is 0. The largest absolute Gasteiger partial charge is 0.481 e. The maximum Gasteiger partial charge on any atom is 0.311 e. The van der Waals surface area contributed by atoms with E-state index < -0.39 is 5.97 Å². The van der Waals surface area contributed by atoms with E-state index in [4.69, 9.17) is 5.11 Å². The van der Waals surface area contributed by atoms with Gasteiger partial charge in [0, 0.05) is 6.54 Å². The molecule has 37 heavy (non-hydrogen) atoms. The molecule has 4 aliphatic rings. The highest BCUT2D eigenvalue weighted by molar-refractivity contribution is 5.68. The molecule has 8 nitrogen and oxygen atoms in total. The molecule has 0 bridgehead atoms. The molecule has 0 aromatic carbocycles. The Labute approximate surface area is 221 Å². The molecule has 208 valence electrons. The number of fused-ring (bicyclic) bond motifs is 5. The highest BCUT2D eigenvalue weighted by Crippen LogP contribution is 2.69. The van der Waals surface area contributed by atoms with Gasteiger partial charge < -0.3 is 15.3 Å². The maximum absolute atomic E-state index is 11.9. The highest BCUT2D eigenvalue weighted by atomic mass is 16.4. The van der Waals surface area contributed by atoms with E-state index in [0.717, 1.165) is 38.5 Å². The van der Waals surface area contributed by atoms with Gasteiger partial charge in [0.15, 0.2) is 5.82 Å². The van der Waals surface area contributed by atoms with Crippen LogP contribution in [0.2, 0.25) is 0 Å².